The first kappa shape index (κ1) is 21.9. The van der Waals surface area contributed by atoms with Crippen LogP contribution in [0.4, 0.5) is 14.6 Å². The number of halogens is 3. The van der Waals surface area contributed by atoms with Crippen LogP contribution in [0.2, 0.25) is 0 Å². The fourth-order valence-corrected chi connectivity index (χ4v) is 3.38. The van der Waals surface area contributed by atoms with Crippen LogP contribution in [0, 0.1) is 0 Å². The molecule has 3 rings (SSSR count). The van der Waals surface area contributed by atoms with Gasteiger partial charge in [-0.2, -0.15) is 8.78 Å². The van der Waals surface area contributed by atoms with E-state index in [2.05, 4.69) is 33.2 Å². The van der Waals surface area contributed by atoms with E-state index in [0.29, 0.717) is 30.6 Å². The SMILES string of the molecule is CN1CCN(c2ncccc2CNCc2ccc(CSC(F)F)o2)CC1.Cl. The van der Waals surface area contributed by atoms with Gasteiger partial charge in [0.05, 0.1) is 12.3 Å². The fourth-order valence-electron chi connectivity index (χ4n) is 2.93. The van der Waals surface area contributed by atoms with Crippen LogP contribution >= 0.6 is 24.2 Å². The Bertz CT molecular complexity index is 696. The van der Waals surface area contributed by atoms with Gasteiger partial charge in [0.1, 0.15) is 17.3 Å². The summed E-state index contributed by atoms with van der Waals surface area (Å²) in [6.07, 6.45) is 1.83. The third kappa shape index (κ3) is 6.64. The van der Waals surface area contributed by atoms with Gasteiger partial charge >= 0.3 is 0 Å². The van der Waals surface area contributed by atoms with Gasteiger partial charge in [0.2, 0.25) is 0 Å². The monoisotopic (exact) mass is 418 g/mol. The first-order chi connectivity index (χ1) is 12.6. The molecule has 1 N–H and O–H groups in total. The molecule has 0 aliphatic carbocycles. The van der Waals surface area contributed by atoms with Crippen molar-refractivity contribution < 1.29 is 13.2 Å². The number of anilines is 1. The number of piperazine rings is 1. The van der Waals surface area contributed by atoms with Crippen LogP contribution in [0.5, 0.6) is 0 Å². The van der Waals surface area contributed by atoms with Crippen molar-refractivity contribution in [3.05, 3.63) is 47.5 Å². The second kappa shape index (κ2) is 10.8. The lowest BCUT2D eigenvalue weighted by Gasteiger charge is -2.34. The van der Waals surface area contributed by atoms with Crippen LogP contribution < -0.4 is 10.2 Å². The van der Waals surface area contributed by atoms with Crippen molar-refractivity contribution in [3.8, 4) is 0 Å². The van der Waals surface area contributed by atoms with E-state index in [4.69, 9.17) is 4.42 Å². The largest absolute Gasteiger partial charge is 0.464 e. The van der Waals surface area contributed by atoms with Gasteiger partial charge < -0.3 is 19.5 Å². The number of aromatic nitrogens is 1. The van der Waals surface area contributed by atoms with E-state index < -0.39 is 5.76 Å². The zero-order chi connectivity index (χ0) is 18.4. The molecular weight excluding hydrogens is 394 g/mol. The highest BCUT2D eigenvalue weighted by Gasteiger charge is 2.17. The van der Waals surface area contributed by atoms with Crippen molar-refractivity contribution in [1.29, 1.82) is 0 Å². The number of hydrogen-bond acceptors (Lipinski definition) is 6. The molecule has 2 aromatic heterocycles. The number of alkyl halides is 2. The van der Waals surface area contributed by atoms with E-state index in [1.807, 2.05) is 18.3 Å². The molecule has 0 saturated carbocycles. The molecule has 9 heteroatoms. The summed E-state index contributed by atoms with van der Waals surface area (Å²) in [6, 6.07) is 7.62. The van der Waals surface area contributed by atoms with Crippen LogP contribution in [0.1, 0.15) is 17.1 Å². The maximum absolute atomic E-state index is 12.2. The molecule has 1 aliphatic heterocycles. The van der Waals surface area contributed by atoms with Gasteiger partial charge in [0.25, 0.3) is 5.76 Å². The number of nitrogens with one attached hydrogen (secondary N) is 1. The zero-order valence-corrected chi connectivity index (χ0v) is 16.9. The Morgan fingerprint density at radius 3 is 2.63 bits per heavy atom. The van der Waals surface area contributed by atoms with Crippen LogP contribution in [0.3, 0.4) is 0 Å². The molecule has 1 saturated heterocycles. The lowest BCUT2D eigenvalue weighted by molar-refractivity contribution is 0.251. The minimum Gasteiger partial charge on any atom is -0.464 e. The Morgan fingerprint density at radius 1 is 1.15 bits per heavy atom. The van der Waals surface area contributed by atoms with E-state index in [9.17, 15) is 8.78 Å². The molecular formula is C18H25ClF2N4OS. The highest BCUT2D eigenvalue weighted by Crippen LogP contribution is 2.22. The Balaban J connectivity index is 0.00000261. The molecule has 0 bridgehead atoms. The van der Waals surface area contributed by atoms with Gasteiger partial charge in [-0.1, -0.05) is 17.8 Å². The summed E-state index contributed by atoms with van der Waals surface area (Å²) in [6.45, 7) is 5.26. The molecule has 0 atom stereocenters. The molecule has 0 radical (unpaired) electrons. The van der Waals surface area contributed by atoms with E-state index in [1.54, 1.807) is 6.07 Å². The van der Waals surface area contributed by atoms with Crippen molar-refractivity contribution in [2.75, 3.05) is 38.1 Å². The van der Waals surface area contributed by atoms with Crippen LogP contribution in [-0.2, 0) is 18.8 Å². The van der Waals surface area contributed by atoms with Gasteiger partial charge in [-0.3, -0.25) is 0 Å². The highest BCUT2D eigenvalue weighted by molar-refractivity contribution is 7.98. The van der Waals surface area contributed by atoms with E-state index in [-0.39, 0.29) is 18.2 Å². The summed E-state index contributed by atoms with van der Waals surface area (Å²) in [4.78, 5) is 9.21. The van der Waals surface area contributed by atoms with Crippen molar-refractivity contribution in [2.45, 2.75) is 24.6 Å². The first-order valence-corrected chi connectivity index (χ1v) is 9.72. The normalized spacial score (nSPS) is 15.2. The van der Waals surface area contributed by atoms with Crippen molar-refractivity contribution in [2.24, 2.45) is 0 Å². The Kier molecular flexibility index (Phi) is 8.82. The maximum Gasteiger partial charge on any atom is 0.284 e. The van der Waals surface area contributed by atoms with Crippen LogP contribution in [0.15, 0.2) is 34.9 Å². The number of likely N-dealkylation sites (N-methyl/N-ethyl adjacent to an activating group) is 1. The average Bonchev–Trinajstić information content (AvgIpc) is 3.09. The number of thioether (sulfide) groups is 1. The Morgan fingerprint density at radius 2 is 1.89 bits per heavy atom. The standard InChI is InChI=1S/C18H24F2N4OS.ClH/c1-23-7-9-24(10-8-23)17-14(3-2-6-22-17)11-21-12-15-4-5-16(25-15)13-26-18(19)20;/h2-6,18,21H,7-13H2,1H3;1H. The summed E-state index contributed by atoms with van der Waals surface area (Å²) < 4.78 is 30.0. The van der Waals surface area contributed by atoms with Gasteiger partial charge in [-0.05, 0) is 25.2 Å². The molecule has 1 fully saturated rings. The first-order valence-electron chi connectivity index (χ1n) is 8.67. The molecule has 0 spiro atoms. The number of pyridine rings is 1. The van der Waals surface area contributed by atoms with Crippen molar-refractivity contribution in [3.63, 3.8) is 0 Å². The predicted octanol–water partition coefficient (Wildman–Crippen LogP) is 3.59. The minimum atomic E-state index is -2.37. The van der Waals surface area contributed by atoms with Crippen LogP contribution in [0.25, 0.3) is 0 Å². The Hall–Kier alpha value is -1.35. The second-order valence-corrected chi connectivity index (χ2v) is 7.30. The van der Waals surface area contributed by atoms with Crippen molar-refractivity contribution >= 4 is 30.0 Å². The topological polar surface area (TPSA) is 44.5 Å². The molecule has 0 amide bonds. The summed E-state index contributed by atoms with van der Waals surface area (Å²) >= 11 is 0.572. The highest BCUT2D eigenvalue weighted by atomic mass is 35.5. The molecule has 2 aromatic rings. The van der Waals surface area contributed by atoms with E-state index in [1.165, 1.54) is 0 Å². The van der Waals surface area contributed by atoms with Crippen molar-refractivity contribution in [1.82, 2.24) is 15.2 Å². The fraction of sp³-hybridized carbons (Fsp3) is 0.500. The zero-order valence-electron chi connectivity index (χ0n) is 15.2. The molecule has 1 aliphatic rings. The molecule has 0 unspecified atom stereocenters. The number of furan rings is 1. The lowest BCUT2D eigenvalue weighted by Crippen LogP contribution is -2.45. The second-order valence-electron chi connectivity index (χ2n) is 6.32. The van der Waals surface area contributed by atoms with Gasteiger partial charge in [0.15, 0.2) is 0 Å². The molecule has 27 heavy (non-hydrogen) atoms. The molecule has 3 heterocycles. The minimum absolute atomic E-state index is 0. The summed E-state index contributed by atoms with van der Waals surface area (Å²) in [5.74, 6) is 0.168. The number of nitrogens with zero attached hydrogens (tertiary/aromatic N) is 3. The summed E-state index contributed by atoms with van der Waals surface area (Å²) in [5.41, 5.74) is 1.15. The van der Waals surface area contributed by atoms with Gasteiger partial charge in [0, 0.05) is 44.5 Å². The summed E-state index contributed by atoms with van der Waals surface area (Å²) in [7, 11) is 2.13. The number of hydrogen-bond donors (Lipinski definition) is 1. The van der Waals surface area contributed by atoms with Gasteiger partial charge in [-0.25, -0.2) is 4.98 Å². The quantitative estimate of drug-likeness (QED) is 0.706. The third-order valence-electron chi connectivity index (χ3n) is 4.35. The molecule has 0 aromatic carbocycles. The molecule has 5 nitrogen and oxygen atoms in total. The smallest absolute Gasteiger partial charge is 0.284 e. The molecule has 150 valence electrons. The van der Waals surface area contributed by atoms with Gasteiger partial charge in [-0.15, -0.1) is 12.4 Å². The Labute approximate surface area is 168 Å². The van der Waals surface area contributed by atoms with E-state index >= 15 is 0 Å². The summed E-state index contributed by atoms with van der Waals surface area (Å²) in [5, 5.41) is 3.36. The third-order valence-corrected chi connectivity index (χ3v) is 5.06. The number of rotatable bonds is 8. The average molecular weight is 419 g/mol. The van der Waals surface area contributed by atoms with Crippen LogP contribution in [-0.4, -0.2) is 48.9 Å². The van der Waals surface area contributed by atoms with E-state index in [0.717, 1.165) is 43.3 Å². The lowest BCUT2D eigenvalue weighted by atomic mass is 10.2. The predicted molar refractivity (Wildman–Crippen MR) is 108 cm³/mol. The maximum atomic E-state index is 12.2.